The average Bonchev–Trinajstić information content (AvgIpc) is 2.90. The molecule has 2 aromatic heterocycles. The minimum Gasteiger partial charge on any atom is -0.335 e. The highest BCUT2D eigenvalue weighted by Gasteiger charge is 2.14. The van der Waals surface area contributed by atoms with Gasteiger partial charge in [-0.1, -0.05) is 29.8 Å². The lowest BCUT2D eigenvalue weighted by Crippen LogP contribution is -2.30. The summed E-state index contributed by atoms with van der Waals surface area (Å²) in [4.78, 5) is 33.1. The molecular weight excluding hydrogens is 306 g/mol. The molecule has 0 spiro atoms. The highest BCUT2D eigenvalue weighted by molar-refractivity contribution is 6.31. The molecule has 0 fully saturated rings. The molecule has 0 aliphatic rings. The number of H-pyrrole nitrogens is 2. The van der Waals surface area contributed by atoms with Gasteiger partial charge in [-0.25, -0.2) is 9.78 Å². The number of rotatable bonds is 3. The van der Waals surface area contributed by atoms with Crippen LogP contribution >= 0.6 is 11.6 Å². The van der Waals surface area contributed by atoms with Gasteiger partial charge in [-0.05, 0) is 11.6 Å². The number of fused-ring (bicyclic) bond motifs is 1. The van der Waals surface area contributed by atoms with E-state index in [0.29, 0.717) is 10.8 Å². The van der Waals surface area contributed by atoms with Gasteiger partial charge in [0.2, 0.25) is 0 Å². The number of nitrogens with one attached hydrogen (secondary N) is 2. The monoisotopic (exact) mass is 315 g/mol. The Balaban J connectivity index is 2.21. The van der Waals surface area contributed by atoms with E-state index in [1.807, 2.05) is 6.07 Å². The molecule has 0 aliphatic heterocycles. The largest absolute Gasteiger partial charge is 0.335 e. The summed E-state index contributed by atoms with van der Waals surface area (Å²) in [7, 11) is 0. The lowest BCUT2D eigenvalue weighted by Gasteiger charge is -2.07. The number of aromatic nitrogens is 4. The Morgan fingerprint density at radius 1 is 1.27 bits per heavy atom. The fraction of sp³-hybridized carbons (Fsp3) is 0.143. The number of hydrogen-bond acceptors (Lipinski definition) is 4. The predicted octanol–water partition coefficient (Wildman–Crippen LogP) is 1.18. The van der Waals surface area contributed by atoms with Crippen LogP contribution in [-0.4, -0.2) is 19.5 Å². The maximum atomic E-state index is 12.1. The van der Waals surface area contributed by atoms with Gasteiger partial charge in [0.1, 0.15) is 11.3 Å². The van der Waals surface area contributed by atoms with Crippen molar-refractivity contribution in [2.45, 2.75) is 13.0 Å². The Kier molecular flexibility index (Phi) is 3.53. The average molecular weight is 316 g/mol. The van der Waals surface area contributed by atoms with E-state index in [0.717, 1.165) is 5.56 Å². The minimum atomic E-state index is -0.576. The standard InChI is InChI=1S/C14H10ClN5O2/c15-9-4-2-1-3-8(9)7-20-12-11(13(21)19-14(20)22)17-10(18-12)5-6-16/h1-4H,5,7H2,(H,17,18)(H,19,21,22). The molecule has 3 aromatic rings. The van der Waals surface area contributed by atoms with E-state index >= 15 is 0 Å². The predicted molar refractivity (Wildman–Crippen MR) is 80.8 cm³/mol. The lowest BCUT2D eigenvalue weighted by molar-refractivity contribution is 0.748. The van der Waals surface area contributed by atoms with Crippen LogP contribution in [0.15, 0.2) is 33.9 Å². The van der Waals surface area contributed by atoms with E-state index in [9.17, 15) is 9.59 Å². The summed E-state index contributed by atoms with van der Waals surface area (Å²) >= 11 is 6.11. The molecule has 0 aliphatic carbocycles. The van der Waals surface area contributed by atoms with Crippen molar-refractivity contribution in [2.75, 3.05) is 0 Å². The third-order valence-corrected chi connectivity index (χ3v) is 3.58. The molecule has 0 saturated heterocycles. The number of hydrogen-bond donors (Lipinski definition) is 2. The number of halogens is 1. The van der Waals surface area contributed by atoms with Gasteiger partial charge in [0.05, 0.1) is 19.0 Å². The van der Waals surface area contributed by atoms with E-state index < -0.39 is 11.2 Å². The first-order chi connectivity index (χ1) is 10.6. The molecule has 0 atom stereocenters. The molecule has 0 unspecified atom stereocenters. The van der Waals surface area contributed by atoms with Crippen LogP contribution in [0.1, 0.15) is 11.4 Å². The zero-order valence-electron chi connectivity index (χ0n) is 11.3. The molecular formula is C14H10ClN5O2. The summed E-state index contributed by atoms with van der Waals surface area (Å²) < 4.78 is 1.31. The molecule has 7 nitrogen and oxygen atoms in total. The molecule has 3 rings (SSSR count). The Morgan fingerprint density at radius 3 is 2.77 bits per heavy atom. The van der Waals surface area contributed by atoms with Crippen LogP contribution in [0, 0.1) is 11.3 Å². The van der Waals surface area contributed by atoms with Crippen molar-refractivity contribution in [1.29, 1.82) is 5.26 Å². The van der Waals surface area contributed by atoms with Crippen LogP contribution in [0.3, 0.4) is 0 Å². The number of nitriles is 1. The molecule has 0 saturated carbocycles. The van der Waals surface area contributed by atoms with Gasteiger partial charge >= 0.3 is 5.69 Å². The molecule has 2 N–H and O–H groups in total. The smallest absolute Gasteiger partial charge is 0.330 e. The topological polar surface area (TPSA) is 107 Å². The second-order valence-corrected chi connectivity index (χ2v) is 5.06. The molecule has 0 radical (unpaired) electrons. The van der Waals surface area contributed by atoms with Crippen LogP contribution < -0.4 is 11.2 Å². The Morgan fingerprint density at radius 2 is 2.05 bits per heavy atom. The summed E-state index contributed by atoms with van der Waals surface area (Å²) in [5.74, 6) is 0.335. The van der Waals surface area contributed by atoms with Crippen LogP contribution in [0.2, 0.25) is 5.02 Å². The molecule has 0 bridgehead atoms. The first-order valence-electron chi connectivity index (χ1n) is 6.42. The molecule has 1 aromatic carbocycles. The highest BCUT2D eigenvalue weighted by Crippen LogP contribution is 2.16. The third-order valence-electron chi connectivity index (χ3n) is 3.21. The van der Waals surface area contributed by atoms with Crippen LogP contribution in [0.25, 0.3) is 11.2 Å². The fourth-order valence-electron chi connectivity index (χ4n) is 2.19. The number of imidazole rings is 1. The molecule has 2 heterocycles. The van der Waals surface area contributed by atoms with E-state index in [1.165, 1.54) is 4.57 Å². The van der Waals surface area contributed by atoms with E-state index in [1.54, 1.807) is 24.3 Å². The number of aromatic amines is 2. The van der Waals surface area contributed by atoms with Crippen LogP contribution in [-0.2, 0) is 13.0 Å². The zero-order chi connectivity index (χ0) is 15.7. The minimum absolute atomic E-state index is 0.0222. The van der Waals surface area contributed by atoms with E-state index in [-0.39, 0.29) is 24.1 Å². The van der Waals surface area contributed by atoms with Gasteiger partial charge in [0.15, 0.2) is 5.65 Å². The molecule has 22 heavy (non-hydrogen) atoms. The zero-order valence-corrected chi connectivity index (χ0v) is 12.0. The van der Waals surface area contributed by atoms with Crippen molar-refractivity contribution in [2.24, 2.45) is 0 Å². The second-order valence-electron chi connectivity index (χ2n) is 4.65. The number of nitrogens with zero attached hydrogens (tertiary/aromatic N) is 3. The maximum absolute atomic E-state index is 12.1. The van der Waals surface area contributed by atoms with Gasteiger partial charge in [0, 0.05) is 5.02 Å². The van der Waals surface area contributed by atoms with Crippen LogP contribution in [0.5, 0.6) is 0 Å². The van der Waals surface area contributed by atoms with Gasteiger partial charge in [-0.15, -0.1) is 0 Å². The summed E-state index contributed by atoms with van der Waals surface area (Å²) in [6.07, 6.45) is 0.0222. The van der Waals surface area contributed by atoms with Gasteiger partial charge in [-0.3, -0.25) is 14.3 Å². The van der Waals surface area contributed by atoms with Crippen molar-refractivity contribution in [3.8, 4) is 6.07 Å². The molecule has 8 heteroatoms. The first kappa shape index (κ1) is 14.1. The van der Waals surface area contributed by atoms with Crippen molar-refractivity contribution < 1.29 is 0 Å². The highest BCUT2D eigenvalue weighted by atomic mass is 35.5. The van der Waals surface area contributed by atoms with Crippen molar-refractivity contribution in [1.82, 2.24) is 19.5 Å². The van der Waals surface area contributed by atoms with Gasteiger partial charge < -0.3 is 4.98 Å². The van der Waals surface area contributed by atoms with Crippen molar-refractivity contribution in [3.63, 3.8) is 0 Å². The molecule has 110 valence electrons. The Labute approximate surface area is 128 Å². The summed E-state index contributed by atoms with van der Waals surface area (Å²) in [5, 5.41) is 9.24. The lowest BCUT2D eigenvalue weighted by atomic mass is 10.2. The van der Waals surface area contributed by atoms with Crippen molar-refractivity contribution >= 4 is 22.8 Å². The summed E-state index contributed by atoms with van der Waals surface area (Å²) in [6, 6.07) is 9.04. The Bertz CT molecular complexity index is 1010. The third kappa shape index (κ3) is 2.40. The van der Waals surface area contributed by atoms with Crippen LogP contribution in [0.4, 0.5) is 0 Å². The van der Waals surface area contributed by atoms with E-state index in [4.69, 9.17) is 16.9 Å². The molecule has 0 amide bonds. The second kappa shape index (κ2) is 5.50. The Hall–Kier alpha value is -2.85. The quantitative estimate of drug-likeness (QED) is 0.756. The fourth-order valence-corrected chi connectivity index (χ4v) is 2.39. The van der Waals surface area contributed by atoms with Gasteiger partial charge in [-0.2, -0.15) is 5.26 Å². The summed E-state index contributed by atoms with van der Waals surface area (Å²) in [6.45, 7) is 0.169. The van der Waals surface area contributed by atoms with Crippen molar-refractivity contribution in [3.05, 3.63) is 61.5 Å². The SMILES string of the molecule is N#CCc1nc2c([nH]1)c(=O)[nH]c(=O)n2Cc1ccccc1Cl. The number of benzene rings is 1. The normalized spacial score (nSPS) is 10.7. The summed E-state index contributed by atoms with van der Waals surface area (Å²) in [5.41, 5.74) is -0.0419. The van der Waals surface area contributed by atoms with E-state index in [2.05, 4.69) is 15.0 Å². The van der Waals surface area contributed by atoms with Gasteiger partial charge in [0.25, 0.3) is 5.56 Å². The first-order valence-corrected chi connectivity index (χ1v) is 6.80. The maximum Gasteiger partial charge on any atom is 0.330 e.